The number of imide groups is 1. The third-order valence-corrected chi connectivity index (χ3v) is 18.9. The van der Waals surface area contributed by atoms with Gasteiger partial charge in [0.15, 0.2) is 13.2 Å². The summed E-state index contributed by atoms with van der Waals surface area (Å²) in [6, 6.07) is 16.0. The van der Waals surface area contributed by atoms with Gasteiger partial charge in [-0.2, -0.15) is 4.79 Å². The lowest BCUT2D eigenvalue weighted by Crippen LogP contribution is -2.61. The number of benzene rings is 3. The quantitative estimate of drug-likeness (QED) is 0.0151. The smallest absolute Gasteiger partial charge is 0.421 e. The normalized spacial score (nSPS) is 16.1. The minimum Gasteiger partial charge on any atom is -0.497 e. The lowest BCUT2D eigenvalue weighted by Gasteiger charge is -2.44. The maximum absolute atomic E-state index is 16.2. The van der Waals surface area contributed by atoms with E-state index in [0.29, 0.717) is 24.3 Å². The van der Waals surface area contributed by atoms with Crippen LogP contribution in [0.15, 0.2) is 83.9 Å². The number of unbranched alkanes of at least 4 members (excludes halogenated alkanes) is 1. The fourth-order valence-electron chi connectivity index (χ4n) is 8.10. The Bertz CT molecular complexity index is 2770. The van der Waals surface area contributed by atoms with Crippen molar-refractivity contribution < 1.29 is 51.3 Å². The molecular weight excluding hydrogens is 911 g/mol. The first-order chi connectivity index (χ1) is 31.7. The minimum absolute atomic E-state index is 0.00626. The van der Waals surface area contributed by atoms with Crippen molar-refractivity contribution in [2.75, 3.05) is 20.3 Å². The molecule has 4 amide bonds. The molecule has 4 aromatic rings. The first-order valence-corrected chi connectivity index (χ1v) is 26.7. The van der Waals surface area contributed by atoms with Gasteiger partial charge >= 0.3 is 11.6 Å². The summed E-state index contributed by atoms with van der Waals surface area (Å²) >= 11 is 0. The first-order valence-electron chi connectivity index (χ1n) is 22.3. The van der Waals surface area contributed by atoms with Crippen molar-refractivity contribution in [3.8, 4) is 5.75 Å². The number of para-hydroxylation sites is 2. The SMILES string of the molecule is COc1ccc(CN(C(=O)[C@@]2(CCCCO[Si](C)(C)C(C)(C)C)CCCN(C(=O)C(=[N+]=[N-])C(C)=O)C2=O)[C@H](C(=O)NC(C)(C)C)c2cn(S(=O)(=O)c3ccccc3[N+](=O)[O-])c3ccccc23)cc1. The summed E-state index contributed by atoms with van der Waals surface area (Å²) in [5.74, 6) is -4.23. The van der Waals surface area contributed by atoms with Crippen LogP contribution < -0.4 is 10.1 Å². The first kappa shape index (κ1) is 52.6. The van der Waals surface area contributed by atoms with Gasteiger partial charge in [-0.1, -0.05) is 63.2 Å². The van der Waals surface area contributed by atoms with Crippen LogP contribution in [0.25, 0.3) is 16.4 Å². The second kappa shape index (κ2) is 20.5. The van der Waals surface area contributed by atoms with Crippen molar-refractivity contribution in [1.82, 2.24) is 19.1 Å². The molecule has 2 atom stereocenters. The zero-order chi connectivity index (χ0) is 50.6. The highest BCUT2D eigenvalue weighted by atomic mass is 32.2. The Morgan fingerprint density at radius 1 is 0.985 bits per heavy atom. The minimum atomic E-state index is -4.78. The zero-order valence-corrected chi connectivity index (χ0v) is 42.1. The molecule has 18 nitrogen and oxygen atoms in total. The molecule has 1 aliphatic rings. The number of nitrogens with zero attached hydrogens (tertiary/aromatic N) is 6. The summed E-state index contributed by atoms with van der Waals surface area (Å²) in [5, 5.41) is 15.2. The number of nitro groups is 1. The van der Waals surface area contributed by atoms with E-state index in [1.54, 1.807) is 63.2 Å². The average molecular weight is 972 g/mol. The Morgan fingerprint density at radius 3 is 2.21 bits per heavy atom. The molecule has 364 valence electrons. The lowest BCUT2D eigenvalue weighted by molar-refractivity contribution is -0.387. The number of piperidine rings is 1. The third kappa shape index (κ3) is 11.0. The van der Waals surface area contributed by atoms with Gasteiger partial charge in [-0.05, 0) is 101 Å². The van der Waals surface area contributed by atoms with Crippen molar-refractivity contribution >= 4 is 70.1 Å². The molecule has 0 unspecified atom stereocenters. The Balaban J connectivity index is 1.80. The fraction of sp³-hybridized carbons (Fsp3) is 0.458. The van der Waals surface area contributed by atoms with Crippen molar-refractivity contribution in [2.24, 2.45) is 5.41 Å². The summed E-state index contributed by atoms with van der Waals surface area (Å²) < 4.78 is 42.0. The number of rotatable bonds is 18. The molecule has 3 aromatic carbocycles. The van der Waals surface area contributed by atoms with E-state index >= 15 is 14.4 Å². The fourth-order valence-corrected chi connectivity index (χ4v) is 10.7. The van der Waals surface area contributed by atoms with Gasteiger partial charge in [0.05, 0.1) is 17.5 Å². The molecule has 20 heteroatoms. The van der Waals surface area contributed by atoms with E-state index in [4.69, 9.17) is 9.16 Å². The highest BCUT2D eigenvalue weighted by Gasteiger charge is 2.56. The number of nitrogens with one attached hydrogen (secondary N) is 1. The number of aromatic nitrogens is 1. The van der Waals surface area contributed by atoms with E-state index in [1.165, 1.54) is 30.2 Å². The van der Waals surface area contributed by atoms with Crippen LogP contribution in [0, 0.1) is 15.5 Å². The van der Waals surface area contributed by atoms with Gasteiger partial charge in [0, 0.05) is 55.4 Å². The van der Waals surface area contributed by atoms with Crippen LogP contribution in [0.3, 0.4) is 0 Å². The molecule has 1 aromatic heterocycles. The van der Waals surface area contributed by atoms with Gasteiger partial charge in [-0.25, -0.2) is 12.4 Å². The Hall–Kier alpha value is -6.34. The molecule has 0 bridgehead atoms. The van der Waals surface area contributed by atoms with Crippen LogP contribution in [0.1, 0.15) is 97.7 Å². The third-order valence-electron chi connectivity index (χ3n) is 12.6. The van der Waals surface area contributed by atoms with E-state index in [0.717, 1.165) is 34.1 Å². The highest BCUT2D eigenvalue weighted by Crippen LogP contribution is 2.44. The predicted octanol–water partition coefficient (Wildman–Crippen LogP) is 7.37. The van der Waals surface area contributed by atoms with E-state index in [9.17, 15) is 33.7 Å². The molecule has 2 heterocycles. The number of nitro benzene ring substituents is 1. The van der Waals surface area contributed by atoms with Crippen molar-refractivity contribution in [3.05, 3.63) is 106 Å². The summed E-state index contributed by atoms with van der Waals surface area (Å²) in [4.78, 5) is 88.7. The maximum atomic E-state index is 16.2. The molecular formula is C48H61N7O11SSi. The Kier molecular flexibility index (Phi) is 15.9. The molecule has 1 aliphatic heterocycles. The van der Waals surface area contributed by atoms with Crippen LogP contribution in [-0.2, 0) is 45.0 Å². The molecule has 1 N–H and O–H groups in total. The molecule has 68 heavy (non-hydrogen) atoms. The lowest BCUT2D eigenvalue weighted by atomic mass is 9.73. The van der Waals surface area contributed by atoms with Gasteiger partial charge in [0.1, 0.15) is 17.2 Å². The number of carbonyl (C=O) groups is 5. The van der Waals surface area contributed by atoms with Crippen LogP contribution in [-0.4, -0.2) is 101 Å². The standard InChI is InChI=1S/C48H61N7O11SSi/c1-32(56)40(51-49)43(58)52-28-17-27-48(44(52)59,26-15-16-29-66-68(9,10)47(5,6)7)45(60)53(30-33-22-24-34(65-8)25-23-33)41(42(57)50-46(2,3)4)36-31-54(37-19-12-11-18-35(36)37)67(63,64)39-21-14-13-20-38(39)55(61)62/h11-14,18-25,31,41H,15-17,26-30H2,1-10H3,(H,50,57)/t41-,48-/m0/s1. The van der Waals surface area contributed by atoms with Gasteiger partial charge in [0.2, 0.25) is 23.5 Å². The van der Waals surface area contributed by atoms with Gasteiger partial charge in [-0.15, -0.1) is 0 Å². The molecule has 0 spiro atoms. The number of Topliss-reactive ketones (excluding diaryl/α,β-unsaturated/α-hetero) is 1. The summed E-state index contributed by atoms with van der Waals surface area (Å²) in [7, 11) is -5.52. The number of fused-ring (bicyclic) bond motifs is 1. The van der Waals surface area contributed by atoms with Crippen LogP contribution >= 0.6 is 0 Å². The maximum Gasteiger partial charge on any atom is 0.421 e. The Morgan fingerprint density at radius 2 is 1.62 bits per heavy atom. The molecule has 5 rings (SSSR count). The summed E-state index contributed by atoms with van der Waals surface area (Å²) in [6.45, 7) is 16.4. The summed E-state index contributed by atoms with van der Waals surface area (Å²) in [5.41, 5.74) is 5.67. The number of ketones is 1. The van der Waals surface area contributed by atoms with E-state index in [2.05, 4.69) is 44.0 Å². The number of carbonyl (C=O) groups excluding carboxylic acids is 5. The molecule has 0 radical (unpaired) electrons. The van der Waals surface area contributed by atoms with Gasteiger partial charge < -0.3 is 24.9 Å². The van der Waals surface area contributed by atoms with E-state index in [1.807, 2.05) is 0 Å². The monoisotopic (exact) mass is 971 g/mol. The van der Waals surface area contributed by atoms with Crippen molar-refractivity contribution in [3.63, 3.8) is 0 Å². The second-order valence-corrected chi connectivity index (χ2v) is 26.2. The van der Waals surface area contributed by atoms with Crippen LogP contribution in [0.4, 0.5) is 5.69 Å². The largest absolute Gasteiger partial charge is 0.497 e. The van der Waals surface area contributed by atoms with Gasteiger partial charge in [-0.3, -0.25) is 39.0 Å². The number of ether oxygens (including phenoxy) is 1. The molecule has 1 fully saturated rings. The second-order valence-electron chi connectivity index (χ2n) is 19.6. The van der Waals surface area contributed by atoms with E-state index in [-0.39, 0.29) is 60.3 Å². The number of hydrogen-bond donors (Lipinski definition) is 1. The highest BCUT2D eigenvalue weighted by molar-refractivity contribution is 7.90. The molecule has 1 saturated heterocycles. The van der Waals surface area contributed by atoms with Crippen LogP contribution in [0.5, 0.6) is 5.75 Å². The number of methoxy groups -OCH3 is 1. The topological polar surface area (TPSA) is 241 Å². The zero-order valence-electron chi connectivity index (χ0n) is 40.3. The van der Waals surface area contributed by atoms with Crippen molar-refractivity contribution in [2.45, 2.75) is 122 Å². The average Bonchev–Trinajstić information content (AvgIpc) is 3.65. The number of likely N-dealkylation sites (tertiary alicyclic amines) is 1. The van der Waals surface area contributed by atoms with Crippen molar-refractivity contribution in [1.29, 1.82) is 0 Å². The van der Waals surface area contributed by atoms with E-state index < -0.39 is 86.0 Å². The predicted molar refractivity (Wildman–Crippen MR) is 256 cm³/mol. The number of amides is 4. The molecule has 0 saturated carbocycles. The summed E-state index contributed by atoms with van der Waals surface area (Å²) in [6.07, 6.45) is 1.67. The number of hydrogen-bond acceptors (Lipinski definition) is 11. The molecule has 0 aliphatic carbocycles. The van der Waals surface area contributed by atoms with Gasteiger partial charge in [0.25, 0.3) is 15.7 Å². The Labute approximate surface area is 397 Å². The van der Waals surface area contributed by atoms with Crippen LogP contribution in [0.2, 0.25) is 18.1 Å².